The zero-order valence-electron chi connectivity index (χ0n) is 14.9. The molecule has 2 aromatic rings. The Balaban J connectivity index is 1.56. The first kappa shape index (κ1) is 17.4. The second-order valence-corrected chi connectivity index (χ2v) is 6.55. The van der Waals surface area contributed by atoms with Crippen molar-refractivity contribution < 1.29 is 4.79 Å². The Labute approximate surface area is 149 Å². The van der Waals surface area contributed by atoms with Gasteiger partial charge >= 0.3 is 0 Å². The van der Waals surface area contributed by atoms with Crippen LogP contribution < -0.4 is 5.32 Å². The Bertz CT molecular complexity index is 696. The first-order chi connectivity index (χ1) is 12.2. The molecule has 1 fully saturated rings. The Morgan fingerprint density at radius 1 is 1.12 bits per heavy atom. The third-order valence-electron chi connectivity index (χ3n) is 4.49. The zero-order valence-corrected chi connectivity index (χ0v) is 14.9. The van der Waals surface area contributed by atoms with Crippen LogP contribution >= 0.6 is 0 Å². The first-order valence-electron chi connectivity index (χ1n) is 9.15. The number of likely N-dealkylation sites (tertiary alicyclic amines) is 1. The van der Waals surface area contributed by atoms with E-state index in [9.17, 15) is 4.79 Å². The van der Waals surface area contributed by atoms with Crippen LogP contribution in [-0.2, 0) is 6.42 Å². The van der Waals surface area contributed by atoms with E-state index in [2.05, 4.69) is 39.6 Å². The molecule has 0 aliphatic carbocycles. The normalized spacial score (nSPS) is 14.4. The van der Waals surface area contributed by atoms with Gasteiger partial charge in [-0.3, -0.25) is 4.79 Å². The number of carbonyl (C=O) groups is 1. The van der Waals surface area contributed by atoms with Gasteiger partial charge in [0.1, 0.15) is 17.3 Å². The summed E-state index contributed by atoms with van der Waals surface area (Å²) in [5.41, 5.74) is 1.84. The number of aromatic nitrogens is 2. The molecular formula is C20H26N4O. The van der Waals surface area contributed by atoms with E-state index in [4.69, 9.17) is 0 Å². The van der Waals surface area contributed by atoms with Gasteiger partial charge in [0.2, 0.25) is 0 Å². The summed E-state index contributed by atoms with van der Waals surface area (Å²) in [6.45, 7) is 4.33. The SMILES string of the molecule is Cc1nc(NCCCc2ccccc2)cc(C(=O)N2CCCCC2)n1. The minimum Gasteiger partial charge on any atom is -0.370 e. The van der Waals surface area contributed by atoms with Gasteiger partial charge < -0.3 is 10.2 Å². The maximum atomic E-state index is 12.6. The van der Waals surface area contributed by atoms with E-state index in [0.717, 1.165) is 51.1 Å². The zero-order chi connectivity index (χ0) is 17.5. The van der Waals surface area contributed by atoms with Gasteiger partial charge in [-0.05, 0) is 44.6 Å². The van der Waals surface area contributed by atoms with Crippen LogP contribution in [0.5, 0.6) is 0 Å². The highest BCUT2D eigenvalue weighted by Gasteiger charge is 2.20. The first-order valence-corrected chi connectivity index (χ1v) is 9.15. The summed E-state index contributed by atoms with van der Waals surface area (Å²) >= 11 is 0. The fourth-order valence-corrected chi connectivity index (χ4v) is 3.18. The minimum absolute atomic E-state index is 0.0255. The average molecular weight is 338 g/mol. The fraction of sp³-hybridized carbons (Fsp3) is 0.450. The number of nitrogens with zero attached hydrogens (tertiary/aromatic N) is 3. The van der Waals surface area contributed by atoms with Crippen molar-refractivity contribution in [1.29, 1.82) is 0 Å². The third-order valence-corrected chi connectivity index (χ3v) is 4.49. The van der Waals surface area contributed by atoms with Crippen molar-refractivity contribution >= 4 is 11.7 Å². The molecule has 132 valence electrons. The Hall–Kier alpha value is -2.43. The number of rotatable bonds is 6. The molecule has 1 aromatic heterocycles. The summed E-state index contributed by atoms with van der Waals surface area (Å²) < 4.78 is 0. The summed E-state index contributed by atoms with van der Waals surface area (Å²) in [7, 11) is 0. The third kappa shape index (κ3) is 5.02. The number of nitrogens with one attached hydrogen (secondary N) is 1. The molecule has 5 heteroatoms. The molecule has 0 saturated carbocycles. The van der Waals surface area contributed by atoms with Crippen LogP contribution in [0.25, 0.3) is 0 Å². The molecule has 0 unspecified atom stereocenters. The Kier molecular flexibility index (Phi) is 5.99. The summed E-state index contributed by atoms with van der Waals surface area (Å²) in [6, 6.07) is 12.2. The summed E-state index contributed by atoms with van der Waals surface area (Å²) in [5, 5.41) is 3.33. The van der Waals surface area contributed by atoms with Gasteiger partial charge in [0.25, 0.3) is 5.91 Å². The quantitative estimate of drug-likeness (QED) is 0.820. The van der Waals surface area contributed by atoms with E-state index >= 15 is 0 Å². The molecule has 1 aliphatic rings. The fourth-order valence-electron chi connectivity index (χ4n) is 3.18. The molecule has 2 heterocycles. The van der Waals surface area contributed by atoms with Crippen LogP contribution in [0.1, 0.15) is 47.6 Å². The molecule has 0 atom stereocenters. The Morgan fingerprint density at radius 2 is 1.88 bits per heavy atom. The van der Waals surface area contributed by atoms with Gasteiger partial charge in [-0.1, -0.05) is 30.3 Å². The smallest absolute Gasteiger partial charge is 0.272 e. The van der Waals surface area contributed by atoms with Crippen molar-refractivity contribution in [3.63, 3.8) is 0 Å². The van der Waals surface area contributed by atoms with Gasteiger partial charge in [0, 0.05) is 25.7 Å². The van der Waals surface area contributed by atoms with Crippen LogP contribution in [0.4, 0.5) is 5.82 Å². The van der Waals surface area contributed by atoms with Crippen LogP contribution in [-0.4, -0.2) is 40.4 Å². The average Bonchev–Trinajstić information content (AvgIpc) is 2.66. The predicted molar refractivity (Wildman–Crippen MR) is 99.8 cm³/mol. The number of anilines is 1. The van der Waals surface area contributed by atoms with Gasteiger partial charge in [0.05, 0.1) is 0 Å². The van der Waals surface area contributed by atoms with Crippen molar-refractivity contribution in [2.24, 2.45) is 0 Å². The van der Waals surface area contributed by atoms with Crippen molar-refractivity contribution in [1.82, 2.24) is 14.9 Å². The minimum atomic E-state index is 0.0255. The van der Waals surface area contributed by atoms with Crippen molar-refractivity contribution in [2.45, 2.75) is 39.0 Å². The number of hydrogen-bond donors (Lipinski definition) is 1. The van der Waals surface area contributed by atoms with E-state index in [0.29, 0.717) is 11.5 Å². The lowest BCUT2D eigenvalue weighted by Gasteiger charge is -2.26. The molecule has 1 aliphatic heterocycles. The molecule has 0 bridgehead atoms. The molecule has 3 rings (SSSR count). The van der Waals surface area contributed by atoms with Crippen LogP contribution in [0.15, 0.2) is 36.4 Å². The molecule has 0 spiro atoms. The van der Waals surface area contributed by atoms with Gasteiger partial charge in [0.15, 0.2) is 0 Å². The molecule has 1 aromatic carbocycles. The van der Waals surface area contributed by atoms with E-state index in [1.165, 1.54) is 12.0 Å². The number of benzene rings is 1. The van der Waals surface area contributed by atoms with Crippen molar-refractivity contribution in [3.8, 4) is 0 Å². The number of aryl methyl sites for hydroxylation is 2. The van der Waals surface area contributed by atoms with Crippen LogP contribution in [0.3, 0.4) is 0 Å². The molecule has 1 saturated heterocycles. The molecule has 1 amide bonds. The van der Waals surface area contributed by atoms with E-state index in [1.54, 1.807) is 6.07 Å². The number of carbonyl (C=O) groups excluding carboxylic acids is 1. The maximum Gasteiger partial charge on any atom is 0.272 e. The Morgan fingerprint density at radius 3 is 2.64 bits per heavy atom. The van der Waals surface area contributed by atoms with Crippen molar-refractivity contribution in [3.05, 3.63) is 53.5 Å². The van der Waals surface area contributed by atoms with Crippen LogP contribution in [0, 0.1) is 6.92 Å². The molecule has 25 heavy (non-hydrogen) atoms. The highest BCUT2D eigenvalue weighted by molar-refractivity contribution is 5.93. The summed E-state index contributed by atoms with van der Waals surface area (Å²) in [6.07, 6.45) is 5.42. The van der Waals surface area contributed by atoms with E-state index in [-0.39, 0.29) is 5.91 Å². The highest BCUT2D eigenvalue weighted by atomic mass is 16.2. The molecular weight excluding hydrogens is 312 g/mol. The molecule has 1 N–H and O–H groups in total. The van der Waals surface area contributed by atoms with Gasteiger partial charge in [-0.15, -0.1) is 0 Å². The van der Waals surface area contributed by atoms with E-state index in [1.807, 2.05) is 17.9 Å². The van der Waals surface area contributed by atoms with Crippen molar-refractivity contribution in [2.75, 3.05) is 25.0 Å². The second-order valence-electron chi connectivity index (χ2n) is 6.55. The number of amides is 1. The highest BCUT2D eigenvalue weighted by Crippen LogP contribution is 2.14. The van der Waals surface area contributed by atoms with Gasteiger partial charge in [-0.25, -0.2) is 9.97 Å². The lowest BCUT2D eigenvalue weighted by atomic mass is 10.1. The predicted octanol–water partition coefficient (Wildman–Crippen LogP) is 3.46. The second kappa shape index (κ2) is 8.60. The lowest BCUT2D eigenvalue weighted by Crippen LogP contribution is -2.36. The monoisotopic (exact) mass is 338 g/mol. The topological polar surface area (TPSA) is 58.1 Å². The van der Waals surface area contributed by atoms with E-state index < -0.39 is 0 Å². The largest absolute Gasteiger partial charge is 0.370 e. The van der Waals surface area contributed by atoms with Gasteiger partial charge in [-0.2, -0.15) is 0 Å². The summed E-state index contributed by atoms with van der Waals surface area (Å²) in [5.74, 6) is 1.40. The van der Waals surface area contributed by atoms with Crippen LogP contribution in [0.2, 0.25) is 0 Å². The number of piperidine rings is 1. The molecule has 5 nitrogen and oxygen atoms in total. The molecule has 0 radical (unpaired) electrons. The maximum absolute atomic E-state index is 12.6. The number of hydrogen-bond acceptors (Lipinski definition) is 4. The standard InChI is InChI=1S/C20H26N4O/c1-16-22-18(20(25)24-13-6-3-7-14-24)15-19(23-16)21-12-8-11-17-9-4-2-5-10-17/h2,4-5,9-10,15H,3,6-8,11-14H2,1H3,(H,21,22,23). The lowest BCUT2D eigenvalue weighted by molar-refractivity contribution is 0.0718. The summed E-state index contributed by atoms with van der Waals surface area (Å²) in [4.78, 5) is 23.3.